The van der Waals surface area contributed by atoms with Crippen molar-refractivity contribution in [1.29, 1.82) is 0 Å². The van der Waals surface area contributed by atoms with Crippen LogP contribution in [-0.4, -0.2) is 46.5 Å². The van der Waals surface area contributed by atoms with Gasteiger partial charge in [-0.25, -0.2) is 0 Å². The normalized spacial score (nSPS) is 17.1. The molecule has 19 heavy (non-hydrogen) atoms. The molecule has 0 saturated heterocycles. The molecule has 0 saturated carbocycles. The molecule has 2 aliphatic heterocycles. The van der Waals surface area contributed by atoms with Gasteiger partial charge in [-0.1, -0.05) is 14.9 Å². The second-order valence-corrected chi connectivity index (χ2v) is 3.68. The molecule has 2 rings (SSSR count). The summed E-state index contributed by atoms with van der Waals surface area (Å²) in [7, 11) is 0. The maximum atomic E-state index is 11.2. The third-order valence-corrected chi connectivity index (χ3v) is 2.56. The fourth-order valence-electron chi connectivity index (χ4n) is 1.69. The Kier molecular flexibility index (Phi) is 5.85. The monoisotopic (exact) mass is 266 g/mol. The van der Waals surface area contributed by atoms with Gasteiger partial charge in [0.15, 0.2) is 0 Å². The van der Waals surface area contributed by atoms with Crippen LogP contribution in [0.2, 0.25) is 0 Å². The quantitative estimate of drug-likeness (QED) is 0.694. The van der Waals surface area contributed by atoms with Crippen molar-refractivity contribution < 1.29 is 19.2 Å². The Morgan fingerprint density at radius 3 is 1.16 bits per heavy atom. The number of hydrogen-bond acceptors (Lipinski definition) is 4. The summed E-state index contributed by atoms with van der Waals surface area (Å²) in [6.07, 6.45) is 5.20. The molecule has 6 nitrogen and oxygen atoms in total. The summed E-state index contributed by atoms with van der Waals surface area (Å²) in [6, 6.07) is 0. The van der Waals surface area contributed by atoms with Crippen LogP contribution in [0.1, 0.15) is 21.3 Å². The van der Waals surface area contributed by atoms with Gasteiger partial charge in [-0.2, -0.15) is 0 Å². The number of rotatable bonds is 4. The van der Waals surface area contributed by atoms with E-state index in [4.69, 9.17) is 0 Å². The van der Waals surface area contributed by atoms with Gasteiger partial charge in [-0.05, 0) is 6.42 Å². The minimum Gasteiger partial charge on any atom is -0.275 e. The molecule has 2 heterocycles. The molecule has 4 amide bonds. The van der Waals surface area contributed by atoms with E-state index < -0.39 is 0 Å². The average molecular weight is 266 g/mol. The van der Waals surface area contributed by atoms with Crippen LogP contribution >= 0.6 is 0 Å². The lowest BCUT2D eigenvalue weighted by molar-refractivity contribution is -0.136. The highest BCUT2D eigenvalue weighted by atomic mass is 16.2. The van der Waals surface area contributed by atoms with Crippen LogP contribution in [0.25, 0.3) is 0 Å². The highest BCUT2D eigenvalue weighted by Crippen LogP contribution is 2.07. The molecule has 0 aromatic carbocycles. The molecule has 0 aromatic rings. The molecule has 0 N–H and O–H groups in total. The van der Waals surface area contributed by atoms with E-state index in [1.165, 1.54) is 24.3 Å². The number of nitrogens with zero attached hydrogens (tertiary/aromatic N) is 2. The van der Waals surface area contributed by atoms with Crippen LogP contribution < -0.4 is 0 Å². The van der Waals surface area contributed by atoms with E-state index in [0.29, 0.717) is 6.42 Å². The Morgan fingerprint density at radius 2 is 0.895 bits per heavy atom. The number of amides is 4. The number of hydrogen-bond donors (Lipinski definition) is 0. The van der Waals surface area contributed by atoms with Crippen molar-refractivity contribution in [2.24, 2.45) is 0 Å². The fraction of sp³-hybridized carbons (Fsp3) is 0.385. The topological polar surface area (TPSA) is 74.8 Å². The predicted molar refractivity (Wildman–Crippen MR) is 69.8 cm³/mol. The molecular weight excluding hydrogens is 248 g/mol. The van der Waals surface area contributed by atoms with E-state index in [9.17, 15) is 19.2 Å². The molecular formula is C13H18N2O4. The smallest absolute Gasteiger partial charge is 0.253 e. The van der Waals surface area contributed by atoms with Crippen LogP contribution in [-0.2, 0) is 19.2 Å². The van der Waals surface area contributed by atoms with Crippen molar-refractivity contribution in [3.8, 4) is 0 Å². The van der Waals surface area contributed by atoms with Crippen molar-refractivity contribution in [2.75, 3.05) is 13.1 Å². The molecule has 6 heteroatoms. The zero-order chi connectivity index (χ0) is 12.4. The van der Waals surface area contributed by atoms with E-state index in [-0.39, 0.29) is 51.6 Å². The van der Waals surface area contributed by atoms with Gasteiger partial charge in [0, 0.05) is 37.4 Å². The zero-order valence-electron chi connectivity index (χ0n) is 8.96. The number of carbonyl (C=O) groups excluding carboxylic acids is 4. The zero-order valence-corrected chi connectivity index (χ0v) is 8.96. The van der Waals surface area contributed by atoms with E-state index in [2.05, 4.69) is 0 Å². The Labute approximate surface area is 112 Å². The number of carbonyl (C=O) groups is 4. The van der Waals surface area contributed by atoms with Gasteiger partial charge in [0.05, 0.1) is 0 Å². The Hall–Kier alpha value is -2.24. The third kappa shape index (κ3) is 3.37. The lowest BCUT2D eigenvalue weighted by Gasteiger charge is -2.17. The SMILES string of the molecule is C.C.O=C1C=CC(=O)N1CCCN1C(=O)C=CC1=O. The summed E-state index contributed by atoms with van der Waals surface area (Å²) in [6.45, 7) is 0.420. The predicted octanol–water partition coefficient (Wildman–Crippen LogP) is 0.499. The highest BCUT2D eigenvalue weighted by Gasteiger charge is 2.25. The van der Waals surface area contributed by atoms with E-state index in [0.717, 1.165) is 9.80 Å². The first-order chi connectivity index (χ1) is 8.09. The van der Waals surface area contributed by atoms with Crippen molar-refractivity contribution >= 4 is 23.6 Å². The van der Waals surface area contributed by atoms with Gasteiger partial charge in [0.2, 0.25) is 0 Å². The Balaban J connectivity index is 0.00000162. The average Bonchev–Trinajstić information content (AvgIpc) is 2.77. The molecule has 0 atom stereocenters. The van der Waals surface area contributed by atoms with Crippen LogP contribution in [0, 0.1) is 0 Å². The third-order valence-electron chi connectivity index (χ3n) is 2.56. The van der Waals surface area contributed by atoms with Gasteiger partial charge in [-0.15, -0.1) is 0 Å². The minimum atomic E-state index is -0.354. The van der Waals surface area contributed by atoms with E-state index >= 15 is 0 Å². The summed E-state index contributed by atoms with van der Waals surface area (Å²) in [5, 5.41) is 0. The standard InChI is InChI=1S/C11H10N2O4.2CH4/c14-8-2-3-9(15)12(8)6-1-7-13-10(16)4-5-11(13)17;;/h2-5H,1,6-7H2;2*1H4. The summed E-state index contributed by atoms with van der Waals surface area (Å²) in [4.78, 5) is 47.0. The molecule has 0 unspecified atom stereocenters. The second kappa shape index (κ2) is 6.63. The van der Waals surface area contributed by atoms with Gasteiger partial charge in [0.1, 0.15) is 0 Å². The maximum absolute atomic E-state index is 11.2. The maximum Gasteiger partial charge on any atom is 0.253 e. The minimum absolute atomic E-state index is 0. The van der Waals surface area contributed by atoms with E-state index in [1.807, 2.05) is 0 Å². The van der Waals surface area contributed by atoms with Crippen molar-refractivity contribution in [2.45, 2.75) is 21.3 Å². The largest absolute Gasteiger partial charge is 0.275 e. The van der Waals surface area contributed by atoms with Crippen LogP contribution in [0.15, 0.2) is 24.3 Å². The van der Waals surface area contributed by atoms with Gasteiger partial charge >= 0.3 is 0 Å². The molecule has 104 valence electrons. The Morgan fingerprint density at radius 1 is 0.632 bits per heavy atom. The van der Waals surface area contributed by atoms with Crippen LogP contribution in [0.5, 0.6) is 0 Å². The summed E-state index contributed by atoms with van der Waals surface area (Å²) in [5.74, 6) is -1.42. The fourth-order valence-corrected chi connectivity index (χ4v) is 1.69. The molecule has 0 spiro atoms. The molecule has 2 aliphatic rings. The molecule has 0 aliphatic carbocycles. The van der Waals surface area contributed by atoms with Crippen LogP contribution in [0.4, 0.5) is 0 Å². The van der Waals surface area contributed by atoms with Gasteiger partial charge in [0.25, 0.3) is 23.6 Å². The Bertz CT molecular complexity index is 387. The van der Waals surface area contributed by atoms with Gasteiger partial charge < -0.3 is 0 Å². The van der Waals surface area contributed by atoms with Crippen molar-refractivity contribution in [3.63, 3.8) is 0 Å². The van der Waals surface area contributed by atoms with Crippen molar-refractivity contribution in [3.05, 3.63) is 24.3 Å². The summed E-state index contributed by atoms with van der Waals surface area (Å²) >= 11 is 0. The summed E-state index contributed by atoms with van der Waals surface area (Å²) in [5.41, 5.74) is 0. The number of imide groups is 2. The molecule has 0 fully saturated rings. The lowest BCUT2D eigenvalue weighted by Crippen LogP contribution is -2.36. The first-order valence-electron chi connectivity index (χ1n) is 5.16. The van der Waals surface area contributed by atoms with Gasteiger partial charge in [-0.3, -0.25) is 29.0 Å². The lowest BCUT2D eigenvalue weighted by atomic mass is 10.3. The molecule has 0 radical (unpaired) electrons. The first kappa shape index (κ1) is 16.8. The molecule has 0 bridgehead atoms. The van der Waals surface area contributed by atoms with Crippen molar-refractivity contribution in [1.82, 2.24) is 9.80 Å². The first-order valence-corrected chi connectivity index (χ1v) is 5.16. The second-order valence-electron chi connectivity index (χ2n) is 3.68. The van der Waals surface area contributed by atoms with E-state index in [1.54, 1.807) is 0 Å². The highest BCUT2D eigenvalue weighted by molar-refractivity contribution is 6.13. The molecule has 0 aromatic heterocycles. The van der Waals surface area contributed by atoms with Crippen LogP contribution in [0.3, 0.4) is 0 Å². The summed E-state index contributed by atoms with van der Waals surface area (Å²) < 4.78 is 0.